The van der Waals surface area contributed by atoms with E-state index in [2.05, 4.69) is 5.73 Å². The summed E-state index contributed by atoms with van der Waals surface area (Å²) in [4.78, 5) is 12.6. The normalized spacial score (nSPS) is 16.9. The third-order valence-corrected chi connectivity index (χ3v) is 1.51. The van der Waals surface area contributed by atoms with E-state index in [1.165, 1.54) is 0 Å². The molecule has 1 aliphatic rings. The molecule has 0 radical (unpaired) electrons. The highest BCUT2D eigenvalue weighted by Crippen LogP contribution is 2.08. The molecule has 0 atom stereocenters. The van der Waals surface area contributed by atoms with Crippen molar-refractivity contribution in [3.63, 3.8) is 0 Å². The van der Waals surface area contributed by atoms with Gasteiger partial charge in [0.1, 0.15) is 0 Å². The Morgan fingerprint density at radius 3 is 3.00 bits per heavy atom. The average Bonchev–Trinajstić information content (AvgIpc) is 2.31. The summed E-state index contributed by atoms with van der Waals surface area (Å²) < 4.78 is 0. The summed E-state index contributed by atoms with van der Waals surface area (Å²) in [7, 11) is 0. The summed E-state index contributed by atoms with van der Waals surface area (Å²) in [6.45, 7) is 2.75. The van der Waals surface area contributed by atoms with E-state index in [1.807, 2.05) is 6.92 Å². The highest BCUT2D eigenvalue weighted by atomic mass is 16.2. The molecule has 0 aromatic rings. The zero-order valence-corrected chi connectivity index (χ0v) is 6.13. The van der Waals surface area contributed by atoms with Gasteiger partial charge in [0.15, 0.2) is 0 Å². The fourth-order valence-corrected chi connectivity index (χ4v) is 0.970. The van der Waals surface area contributed by atoms with Crippen LogP contribution in [0.3, 0.4) is 0 Å². The molecule has 10 heavy (non-hydrogen) atoms. The standard InChI is InChI=1S/C8H11NO/c1-2-3-6-9-7-4-5-8(9)10/h2,6H,4-5,7H2,1H3. The minimum absolute atomic E-state index is 0.217. The Hall–Kier alpha value is -1.01. The van der Waals surface area contributed by atoms with Gasteiger partial charge in [-0.05, 0) is 19.4 Å². The number of hydrogen-bond donors (Lipinski definition) is 0. The van der Waals surface area contributed by atoms with Gasteiger partial charge in [0, 0.05) is 19.2 Å². The predicted molar refractivity (Wildman–Crippen MR) is 39.3 cm³/mol. The number of carbonyl (C=O) groups excluding carboxylic acids is 1. The molecule has 0 N–H and O–H groups in total. The van der Waals surface area contributed by atoms with E-state index in [-0.39, 0.29) is 5.91 Å². The number of hydrogen-bond acceptors (Lipinski definition) is 1. The molecule has 1 saturated heterocycles. The first-order valence-electron chi connectivity index (χ1n) is 3.51. The van der Waals surface area contributed by atoms with E-state index in [4.69, 9.17) is 0 Å². The number of carbonyl (C=O) groups is 1. The molecular formula is C8H11NO. The van der Waals surface area contributed by atoms with Crippen LogP contribution < -0.4 is 0 Å². The van der Waals surface area contributed by atoms with Gasteiger partial charge in [0.2, 0.25) is 5.91 Å². The van der Waals surface area contributed by atoms with Gasteiger partial charge in [0.05, 0.1) is 0 Å². The van der Waals surface area contributed by atoms with E-state index in [0.29, 0.717) is 6.42 Å². The second kappa shape index (κ2) is 3.23. The smallest absolute Gasteiger partial charge is 0.227 e. The monoisotopic (exact) mass is 137 g/mol. The second-order valence-electron chi connectivity index (χ2n) is 2.28. The minimum atomic E-state index is 0.217. The molecular weight excluding hydrogens is 126 g/mol. The van der Waals surface area contributed by atoms with Crippen LogP contribution in [-0.2, 0) is 4.79 Å². The molecule has 0 bridgehead atoms. The van der Waals surface area contributed by atoms with Gasteiger partial charge < -0.3 is 4.90 Å². The van der Waals surface area contributed by atoms with E-state index in [9.17, 15) is 4.79 Å². The first-order chi connectivity index (χ1) is 4.84. The van der Waals surface area contributed by atoms with E-state index >= 15 is 0 Å². The van der Waals surface area contributed by atoms with Gasteiger partial charge >= 0.3 is 0 Å². The lowest BCUT2D eigenvalue weighted by Crippen LogP contribution is -2.16. The highest BCUT2D eigenvalue weighted by Gasteiger charge is 2.16. The average molecular weight is 137 g/mol. The van der Waals surface area contributed by atoms with Crippen LogP contribution in [0, 0.1) is 0 Å². The molecule has 1 fully saturated rings. The zero-order chi connectivity index (χ0) is 7.40. The summed E-state index contributed by atoms with van der Waals surface area (Å²) in [5.74, 6) is 0.217. The fourth-order valence-electron chi connectivity index (χ4n) is 0.970. The quantitative estimate of drug-likeness (QED) is 0.499. The molecule has 0 saturated carbocycles. The van der Waals surface area contributed by atoms with Gasteiger partial charge in [-0.15, -0.1) is 5.73 Å². The number of nitrogens with zero attached hydrogens (tertiary/aromatic N) is 1. The van der Waals surface area contributed by atoms with Gasteiger partial charge in [-0.25, -0.2) is 0 Å². The van der Waals surface area contributed by atoms with E-state index in [1.54, 1.807) is 17.2 Å². The van der Waals surface area contributed by atoms with Crippen molar-refractivity contribution in [3.8, 4) is 0 Å². The molecule has 0 aromatic heterocycles. The first kappa shape index (κ1) is 7.10. The van der Waals surface area contributed by atoms with Crippen molar-refractivity contribution in [1.82, 2.24) is 4.90 Å². The fraction of sp³-hybridized carbons (Fsp3) is 0.500. The lowest BCUT2D eigenvalue weighted by atomic mass is 10.4. The molecule has 1 amide bonds. The largest absolute Gasteiger partial charge is 0.312 e. The van der Waals surface area contributed by atoms with Crippen LogP contribution in [0.2, 0.25) is 0 Å². The summed E-state index contributed by atoms with van der Waals surface area (Å²) in [5, 5.41) is 0. The van der Waals surface area contributed by atoms with Crippen LogP contribution in [-0.4, -0.2) is 17.4 Å². The summed E-state index contributed by atoms with van der Waals surface area (Å²) in [5.41, 5.74) is 2.88. The summed E-state index contributed by atoms with van der Waals surface area (Å²) in [6, 6.07) is 0. The SMILES string of the molecule is CC=C=CN1CCCC1=O. The number of allylic oxidation sites excluding steroid dienone is 1. The van der Waals surface area contributed by atoms with Gasteiger partial charge in [-0.1, -0.05) is 0 Å². The molecule has 1 rings (SSSR count). The van der Waals surface area contributed by atoms with Crippen molar-refractivity contribution in [1.29, 1.82) is 0 Å². The molecule has 2 nitrogen and oxygen atoms in total. The van der Waals surface area contributed by atoms with Crippen LogP contribution in [0.15, 0.2) is 18.0 Å². The zero-order valence-electron chi connectivity index (χ0n) is 6.13. The van der Waals surface area contributed by atoms with Crippen LogP contribution >= 0.6 is 0 Å². The Kier molecular flexibility index (Phi) is 2.30. The second-order valence-corrected chi connectivity index (χ2v) is 2.28. The Bertz CT molecular complexity index is 189. The maximum atomic E-state index is 10.9. The van der Waals surface area contributed by atoms with Crippen LogP contribution in [0.1, 0.15) is 19.8 Å². The summed E-state index contributed by atoms with van der Waals surface area (Å²) in [6.07, 6.45) is 5.20. The van der Waals surface area contributed by atoms with Crippen LogP contribution in [0.25, 0.3) is 0 Å². The van der Waals surface area contributed by atoms with Crippen molar-refractivity contribution < 1.29 is 4.79 Å². The van der Waals surface area contributed by atoms with Crippen molar-refractivity contribution in [3.05, 3.63) is 18.0 Å². The first-order valence-corrected chi connectivity index (χ1v) is 3.51. The minimum Gasteiger partial charge on any atom is -0.312 e. The molecule has 54 valence electrons. The molecule has 0 aromatic carbocycles. The number of amides is 1. The molecule has 0 unspecified atom stereocenters. The molecule has 0 aliphatic carbocycles. The molecule has 1 aliphatic heterocycles. The van der Waals surface area contributed by atoms with Crippen LogP contribution in [0.4, 0.5) is 0 Å². The van der Waals surface area contributed by atoms with E-state index in [0.717, 1.165) is 13.0 Å². The number of rotatable bonds is 1. The Morgan fingerprint density at radius 2 is 2.50 bits per heavy atom. The van der Waals surface area contributed by atoms with Gasteiger partial charge in [0.25, 0.3) is 0 Å². The third-order valence-electron chi connectivity index (χ3n) is 1.51. The molecule has 1 heterocycles. The lowest BCUT2D eigenvalue weighted by Gasteiger charge is -2.05. The Balaban J connectivity index is 2.56. The van der Waals surface area contributed by atoms with Crippen molar-refractivity contribution in [2.75, 3.05) is 6.54 Å². The van der Waals surface area contributed by atoms with E-state index < -0.39 is 0 Å². The maximum Gasteiger partial charge on any atom is 0.227 e. The topological polar surface area (TPSA) is 20.3 Å². The lowest BCUT2D eigenvalue weighted by molar-refractivity contribution is -0.125. The maximum absolute atomic E-state index is 10.9. The van der Waals surface area contributed by atoms with Gasteiger partial charge in [-0.2, -0.15) is 0 Å². The van der Waals surface area contributed by atoms with Crippen molar-refractivity contribution in [2.45, 2.75) is 19.8 Å². The van der Waals surface area contributed by atoms with Crippen LogP contribution in [0.5, 0.6) is 0 Å². The van der Waals surface area contributed by atoms with Gasteiger partial charge in [-0.3, -0.25) is 4.79 Å². The van der Waals surface area contributed by atoms with Crippen molar-refractivity contribution >= 4 is 5.91 Å². The highest BCUT2D eigenvalue weighted by molar-refractivity contribution is 5.79. The molecule has 2 heteroatoms. The summed E-state index contributed by atoms with van der Waals surface area (Å²) >= 11 is 0. The Labute approximate surface area is 60.8 Å². The van der Waals surface area contributed by atoms with Crippen molar-refractivity contribution in [2.24, 2.45) is 0 Å². The number of likely N-dealkylation sites (tertiary alicyclic amines) is 1. The third kappa shape index (κ3) is 1.49. The Morgan fingerprint density at radius 1 is 1.70 bits per heavy atom. The molecule has 0 spiro atoms. The predicted octanol–water partition coefficient (Wildman–Crippen LogP) is 1.30.